The Labute approximate surface area is 167 Å². The molecule has 3 nitrogen and oxygen atoms in total. The van der Waals surface area contributed by atoms with Crippen LogP contribution in [-0.4, -0.2) is 17.7 Å². The molecular weight excluding hydrogens is 421 g/mol. The molecule has 0 N–H and O–H groups in total. The molecule has 0 saturated heterocycles. The zero-order valence-corrected chi connectivity index (χ0v) is 16.1. The van der Waals surface area contributed by atoms with Gasteiger partial charge in [-0.2, -0.15) is 13.2 Å². The zero-order valence-electron chi connectivity index (χ0n) is 14.6. The van der Waals surface area contributed by atoms with Crippen molar-refractivity contribution in [3.05, 3.63) is 68.4 Å². The molecule has 1 heterocycles. The van der Waals surface area contributed by atoms with Gasteiger partial charge in [0.15, 0.2) is 11.6 Å². The second-order valence-corrected chi connectivity index (χ2v) is 7.28. The molecule has 1 aliphatic heterocycles. The van der Waals surface area contributed by atoms with Crippen LogP contribution in [0.2, 0.25) is 10.0 Å². The molecule has 0 amide bonds. The maximum atomic E-state index is 14.0. The first-order valence-corrected chi connectivity index (χ1v) is 8.80. The van der Waals surface area contributed by atoms with Crippen molar-refractivity contribution in [1.82, 2.24) is 0 Å². The van der Waals surface area contributed by atoms with Gasteiger partial charge in [-0.3, -0.25) is 4.79 Å². The molecule has 2 aromatic rings. The number of ketones is 1. The number of oxime groups is 1. The third-order valence-corrected chi connectivity index (χ3v) is 5.13. The van der Waals surface area contributed by atoms with Gasteiger partial charge in [0, 0.05) is 17.5 Å². The van der Waals surface area contributed by atoms with Gasteiger partial charge in [0.25, 0.3) is 5.60 Å². The van der Waals surface area contributed by atoms with E-state index in [2.05, 4.69) is 5.16 Å². The lowest BCUT2D eigenvalue weighted by Gasteiger charge is -2.29. The van der Waals surface area contributed by atoms with Crippen LogP contribution in [0.3, 0.4) is 0 Å². The lowest BCUT2D eigenvalue weighted by atomic mass is 9.86. The van der Waals surface area contributed by atoms with Crippen molar-refractivity contribution in [2.75, 3.05) is 0 Å². The fourth-order valence-corrected chi connectivity index (χ4v) is 3.57. The fraction of sp³-hybridized carbons (Fsp3) is 0.263. The predicted molar refractivity (Wildman–Crippen MR) is 97.6 cm³/mol. The Morgan fingerprint density at radius 1 is 1.18 bits per heavy atom. The van der Waals surface area contributed by atoms with Crippen molar-refractivity contribution in [2.24, 2.45) is 5.16 Å². The minimum atomic E-state index is -4.88. The number of halogens is 6. The SMILES string of the molecule is CC(=O)c1ccc(C2=NOC(c3cc(Cl)c(F)c(Cl)c3)(C(F)(F)F)C2)cc1C. The molecule has 3 rings (SSSR count). The molecule has 148 valence electrons. The van der Waals surface area contributed by atoms with Gasteiger partial charge in [-0.1, -0.05) is 40.5 Å². The van der Waals surface area contributed by atoms with E-state index in [1.54, 1.807) is 13.0 Å². The Morgan fingerprint density at radius 3 is 2.29 bits per heavy atom. The summed E-state index contributed by atoms with van der Waals surface area (Å²) in [6.07, 6.45) is -5.54. The lowest BCUT2D eigenvalue weighted by molar-refractivity contribution is -0.275. The highest BCUT2D eigenvalue weighted by molar-refractivity contribution is 6.35. The quantitative estimate of drug-likeness (QED) is 0.327. The van der Waals surface area contributed by atoms with Gasteiger partial charge in [0.05, 0.1) is 15.8 Å². The van der Waals surface area contributed by atoms with Crippen LogP contribution in [0.5, 0.6) is 0 Å². The number of alkyl halides is 3. The highest BCUT2D eigenvalue weighted by Gasteiger charge is 2.62. The summed E-state index contributed by atoms with van der Waals surface area (Å²) >= 11 is 11.4. The molecule has 28 heavy (non-hydrogen) atoms. The molecule has 1 unspecified atom stereocenters. The molecule has 9 heteroatoms. The molecule has 2 aromatic carbocycles. The predicted octanol–water partition coefficient (Wildman–Crippen LogP) is 6.23. The first-order chi connectivity index (χ1) is 13.0. The summed E-state index contributed by atoms with van der Waals surface area (Å²) in [5.41, 5.74) is -1.82. The number of hydrogen-bond acceptors (Lipinski definition) is 3. The molecule has 0 radical (unpaired) electrons. The summed E-state index contributed by atoms with van der Waals surface area (Å²) in [5.74, 6) is -1.17. The van der Waals surface area contributed by atoms with Crippen molar-refractivity contribution >= 4 is 34.7 Å². The van der Waals surface area contributed by atoms with Crippen LogP contribution < -0.4 is 0 Å². The van der Waals surface area contributed by atoms with E-state index >= 15 is 0 Å². The van der Waals surface area contributed by atoms with E-state index in [-0.39, 0.29) is 11.5 Å². The monoisotopic (exact) mass is 433 g/mol. The average molecular weight is 434 g/mol. The Hall–Kier alpha value is -2.12. The van der Waals surface area contributed by atoms with Crippen molar-refractivity contribution in [2.45, 2.75) is 32.0 Å². The third-order valence-electron chi connectivity index (χ3n) is 4.58. The third kappa shape index (κ3) is 3.37. The summed E-state index contributed by atoms with van der Waals surface area (Å²) < 4.78 is 55.6. The van der Waals surface area contributed by atoms with E-state index in [0.717, 1.165) is 12.1 Å². The lowest BCUT2D eigenvalue weighted by Crippen LogP contribution is -2.42. The molecule has 0 aliphatic carbocycles. The van der Waals surface area contributed by atoms with Gasteiger partial charge in [0.2, 0.25) is 0 Å². The van der Waals surface area contributed by atoms with E-state index in [0.29, 0.717) is 16.7 Å². The van der Waals surface area contributed by atoms with E-state index in [4.69, 9.17) is 28.0 Å². The summed E-state index contributed by atoms with van der Waals surface area (Å²) in [5, 5.41) is 2.53. The van der Waals surface area contributed by atoms with Gasteiger partial charge in [-0.15, -0.1) is 0 Å². The Balaban J connectivity index is 2.04. The van der Waals surface area contributed by atoms with Crippen molar-refractivity contribution < 1.29 is 27.2 Å². The van der Waals surface area contributed by atoms with E-state index in [1.165, 1.54) is 19.1 Å². The van der Waals surface area contributed by atoms with E-state index < -0.39 is 39.6 Å². The first-order valence-electron chi connectivity index (χ1n) is 8.05. The highest BCUT2D eigenvalue weighted by Crippen LogP contribution is 2.50. The number of benzene rings is 2. The fourth-order valence-electron chi connectivity index (χ4n) is 3.09. The van der Waals surface area contributed by atoms with Crippen LogP contribution in [0, 0.1) is 12.7 Å². The maximum absolute atomic E-state index is 14.0. The van der Waals surface area contributed by atoms with Crippen LogP contribution in [0.1, 0.15) is 40.4 Å². The van der Waals surface area contributed by atoms with Gasteiger partial charge >= 0.3 is 6.18 Å². The summed E-state index contributed by atoms with van der Waals surface area (Å²) in [6, 6.07) is 6.26. The molecule has 0 fully saturated rings. The van der Waals surface area contributed by atoms with Crippen LogP contribution in [0.4, 0.5) is 17.6 Å². The Kier molecular flexibility index (Phi) is 5.18. The minimum Gasteiger partial charge on any atom is -0.374 e. The largest absolute Gasteiger partial charge is 0.435 e. The molecule has 1 aliphatic rings. The number of carbonyl (C=O) groups is 1. The normalized spacial score (nSPS) is 19.4. The molecule has 1 atom stereocenters. The van der Waals surface area contributed by atoms with Crippen molar-refractivity contribution in [3.63, 3.8) is 0 Å². The summed E-state index contributed by atoms with van der Waals surface area (Å²) in [4.78, 5) is 16.4. The molecule has 0 aromatic heterocycles. The first kappa shape index (κ1) is 20.6. The number of aryl methyl sites for hydroxylation is 1. The van der Waals surface area contributed by atoms with Crippen molar-refractivity contribution in [1.29, 1.82) is 0 Å². The number of nitrogens with zero attached hydrogens (tertiary/aromatic N) is 1. The second-order valence-electron chi connectivity index (χ2n) is 6.47. The maximum Gasteiger partial charge on any atom is 0.435 e. The zero-order chi connectivity index (χ0) is 20.9. The number of Topliss-reactive ketones (excluding diaryl/α,β-unsaturated/α-hetero) is 1. The smallest absolute Gasteiger partial charge is 0.374 e. The topological polar surface area (TPSA) is 38.7 Å². The Morgan fingerprint density at radius 2 is 1.79 bits per heavy atom. The standard InChI is InChI=1S/C19H13Cl2F4NO2/c1-9-5-11(3-4-13(9)10(2)27)16-8-18(28-26-16,19(23,24)25)12-6-14(20)17(22)15(21)7-12/h3-7H,8H2,1-2H3. The van der Waals surface area contributed by atoms with Gasteiger partial charge in [-0.25, -0.2) is 4.39 Å². The number of carbonyl (C=O) groups excluding carboxylic acids is 1. The molecular formula is C19H13Cl2F4NO2. The summed E-state index contributed by atoms with van der Waals surface area (Å²) in [7, 11) is 0. The van der Waals surface area contributed by atoms with Gasteiger partial charge < -0.3 is 4.84 Å². The van der Waals surface area contributed by atoms with E-state index in [1.807, 2.05) is 0 Å². The molecule has 0 spiro atoms. The molecule has 0 bridgehead atoms. The highest BCUT2D eigenvalue weighted by atomic mass is 35.5. The molecule has 0 saturated carbocycles. The van der Waals surface area contributed by atoms with E-state index in [9.17, 15) is 22.4 Å². The number of rotatable bonds is 3. The second kappa shape index (κ2) is 7.04. The number of hydrogen-bond donors (Lipinski definition) is 0. The Bertz CT molecular complexity index is 981. The van der Waals surface area contributed by atoms with Crippen molar-refractivity contribution in [3.8, 4) is 0 Å². The average Bonchev–Trinajstić information content (AvgIpc) is 3.05. The van der Waals surface area contributed by atoms with Crippen LogP contribution in [-0.2, 0) is 10.4 Å². The van der Waals surface area contributed by atoms with Gasteiger partial charge in [-0.05, 0) is 43.2 Å². The van der Waals surface area contributed by atoms with Crippen LogP contribution in [0.25, 0.3) is 0 Å². The minimum absolute atomic E-state index is 0.0343. The summed E-state index contributed by atoms with van der Waals surface area (Å²) in [6.45, 7) is 3.07. The van der Waals surface area contributed by atoms with Gasteiger partial charge in [0.1, 0.15) is 0 Å². The van der Waals surface area contributed by atoms with Crippen LogP contribution in [0.15, 0.2) is 35.5 Å². The van der Waals surface area contributed by atoms with Crippen LogP contribution >= 0.6 is 23.2 Å².